The highest BCUT2D eigenvalue weighted by Crippen LogP contribution is 2.15. The lowest BCUT2D eigenvalue weighted by Crippen LogP contribution is -2.44. The number of nitrogens with zero attached hydrogens (tertiary/aromatic N) is 2. The molecule has 1 rings (SSSR count). The molecule has 0 amide bonds. The summed E-state index contributed by atoms with van der Waals surface area (Å²) >= 11 is 0. The first kappa shape index (κ1) is 15.2. The van der Waals surface area contributed by atoms with Crippen molar-refractivity contribution in [3.8, 4) is 0 Å². The Morgan fingerprint density at radius 3 is 2.33 bits per heavy atom. The van der Waals surface area contributed by atoms with Crippen molar-refractivity contribution in [1.82, 2.24) is 10.3 Å². The van der Waals surface area contributed by atoms with Gasteiger partial charge in [-0.25, -0.2) is 5.84 Å². The maximum absolute atomic E-state index is 5.51. The second-order valence-electron chi connectivity index (χ2n) is 4.15. The Morgan fingerprint density at radius 1 is 1.28 bits per heavy atom. The number of aliphatic imine (C=N–C) groups is 1. The minimum Gasteiger partial charge on any atom is -0.385 e. The number of methoxy groups -OCH3 is 3. The molecule has 0 aromatic heterocycles. The predicted octanol–water partition coefficient (Wildman–Crippen LogP) is -0.812. The van der Waals surface area contributed by atoms with Crippen LogP contribution in [0.3, 0.4) is 0 Å². The molecular weight excluding hydrogens is 236 g/mol. The number of guanidine groups is 1. The number of nitrogens with two attached hydrogens (primary N) is 1. The summed E-state index contributed by atoms with van der Waals surface area (Å²) in [5.41, 5.74) is 2.63. The summed E-state index contributed by atoms with van der Waals surface area (Å²) in [6, 6.07) is 0. The third-order valence-electron chi connectivity index (χ3n) is 3.02. The summed E-state index contributed by atoms with van der Waals surface area (Å²) in [7, 11) is 5.05. The average molecular weight is 260 g/mol. The van der Waals surface area contributed by atoms with Crippen molar-refractivity contribution in [3.63, 3.8) is 0 Å². The van der Waals surface area contributed by atoms with Gasteiger partial charge in [0, 0.05) is 47.6 Å². The fourth-order valence-electron chi connectivity index (χ4n) is 2.00. The number of rotatable bonds is 6. The van der Waals surface area contributed by atoms with Crippen LogP contribution in [0, 0.1) is 0 Å². The highest BCUT2D eigenvalue weighted by atomic mass is 16.5. The van der Waals surface area contributed by atoms with E-state index in [1.54, 1.807) is 21.3 Å². The molecule has 1 aliphatic rings. The van der Waals surface area contributed by atoms with Crippen LogP contribution in [0.4, 0.5) is 0 Å². The summed E-state index contributed by atoms with van der Waals surface area (Å²) in [5, 5.41) is 0. The van der Waals surface area contributed by atoms with Gasteiger partial charge < -0.3 is 19.1 Å². The maximum Gasteiger partial charge on any atom is 0.208 e. The van der Waals surface area contributed by atoms with Crippen molar-refractivity contribution >= 4 is 5.96 Å². The lowest BCUT2D eigenvalue weighted by atomic mass is 10.3. The van der Waals surface area contributed by atoms with Crippen molar-refractivity contribution < 1.29 is 14.2 Å². The molecule has 7 heteroatoms. The smallest absolute Gasteiger partial charge is 0.208 e. The zero-order chi connectivity index (χ0) is 13.4. The van der Waals surface area contributed by atoms with Crippen LogP contribution in [-0.4, -0.2) is 70.6 Å². The van der Waals surface area contributed by atoms with Crippen LogP contribution in [0.15, 0.2) is 4.99 Å². The molecule has 0 bridgehead atoms. The van der Waals surface area contributed by atoms with Gasteiger partial charge in [0.15, 0.2) is 0 Å². The molecular formula is C11H24N4O3. The molecule has 1 aliphatic heterocycles. The van der Waals surface area contributed by atoms with E-state index in [9.17, 15) is 0 Å². The normalized spacial score (nSPS) is 24.7. The Kier molecular flexibility index (Phi) is 6.96. The molecule has 2 unspecified atom stereocenters. The zero-order valence-electron chi connectivity index (χ0n) is 11.4. The Bertz CT molecular complexity index is 251. The second-order valence-corrected chi connectivity index (χ2v) is 4.15. The average Bonchev–Trinajstić information content (AvgIpc) is 2.82. The molecule has 3 N–H and O–H groups in total. The zero-order valence-corrected chi connectivity index (χ0v) is 11.4. The first-order chi connectivity index (χ1) is 8.76. The van der Waals surface area contributed by atoms with E-state index in [4.69, 9.17) is 20.1 Å². The molecule has 18 heavy (non-hydrogen) atoms. The van der Waals surface area contributed by atoms with Crippen LogP contribution >= 0.6 is 0 Å². The van der Waals surface area contributed by atoms with Gasteiger partial charge in [-0.1, -0.05) is 0 Å². The Hall–Kier alpha value is -0.890. The van der Waals surface area contributed by atoms with E-state index in [-0.39, 0.29) is 12.2 Å². The minimum atomic E-state index is 0.0486. The summed E-state index contributed by atoms with van der Waals surface area (Å²) in [6.07, 6.45) is 0.969. The molecule has 106 valence electrons. The second kappa shape index (κ2) is 8.25. The molecule has 1 saturated heterocycles. The third-order valence-corrected chi connectivity index (χ3v) is 3.02. The van der Waals surface area contributed by atoms with Crippen molar-refractivity contribution in [2.24, 2.45) is 10.8 Å². The molecule has 0 radical (unpaired) electrons. The van der Waals surface area contributed by atoms with Gasteiger partial charge in [0.2, 0.25) is 5.96 Å². The highest BCUT2D eigenvalue weighted by molar-refractivity contribution is 5.79. The van der Waals surface area contributed by atoms with Crippen LogP contribution < -0.4 is 11.3 Å². The van der Waals surface area contributed by atoms with E-state index in [1.807, 2.05) is 4.90 Å². The monoisotopic (exact) mass is 260 g/mol. The molecule has 0 aromatic carbocycles. The van der Waals surface area contributed by atoms with E-state index in [1.165, 1.54) is 0 Å². The summed E-state index contributed by atoms with van der Waals surface area (Å²) in [6.45, 7) is 2.83. The van der Waals surface area contributed by atoms with Gasteiger partial charge in [0.25, 0.3) is 0 Å². The van der Waals surface area contributed by atoms with Gasteiger partial charge in [-0.05, 0) is 6.42 Å². The van der Waals surface area contributed by atoms with Crippen molar-refractivity contribution in [2.45, 2.75) is 18.6 Å². The van der Waals surface area contributed by atoms with E-state index in [0.29, 0.717) is 19.1 Å². The van der Waals surface area contributed by atoms with Gasteiger partial charge >= 0.3 is 0 Å². The van der Waals surface area contributed by atoms with Gasteiger partial charge in [0.05, 0.1) is 0 Å². The fraction of sp³-hybridized carbons (Fsp3) is 0.909. The maximum atomic E-state index is 5.51. The summed E-state index contributed by atoms with van der Waals surface area (Å²) in [4.78, 5) is 6.45. The van der Waals surface area contributed by atoms with E-state index in [0.717, 1.165) is 19.5 Å². The highest BCUT2D eigenvalue weighted by Gasteiger charge is 2.34. The molecule has 7 nitrogen and oxygen atoms in total. The largest absolute Gasteiger partial charge is 0.385 e. The van der Waals surface area contributed by atoms with Gasteiger partial charge in [-0.3, -0.25) is 10.4 Å². The molecule has 0 saturated carbocycles. The van der Waals surface area contributed by atoms with Crippen LogP contribution in [0.25, 0.3) is 0 Å². The number of hydrogen-bond donors (Lipinski definition) is 2. The van der Waals surface area contributed by atoms with E-state index >= 15 is 0 Å². The molecule has 1 heterocycles. The number of nitrogens with one attached hydrogen (secondary N) is 1. The third kappa shape index (κ3) is 4.09. The van der Waals surface area contributed by atoms with Gasteiger partial charge in [0.1, 0.15) is 12.2 Å². The lowest BCUT2D eigenvalue weighted by molar-refractivity contribution is -0.00461. The topological polar surface area (TPSA) is 81.3 Å². The number of hydrazine groups is 1. The molecule has 1 fully saturated rings. The van der Waals surface area contributed by atoms with Crippen molar-refractivity contribution in [1.29, 1.82) is 0 Å². The van der Waals surface area contributed by atoms with Gasteiger partial charge in [-0.2, -0.15) is 0 Å². The SMILES string of the molecule is COCCCN=C(NN)N1CC(OC)C(OC)C1. The number of hydrogen-bond acceptors (Lipinski definition) is 5. The molecule has 0 spiro atoms. The van der Waals surface area contributed by atoms with E-state index in [2.05, 4.69) is 10.4 Å². The van der Waals surface area contributed by atoms with Crippen LogP contribution in [0.1, 0.15) is 6.42 Å². The van der Waals surface area contributed by atoms with Crippen LogP contribution in [0.5, 0.6) is 0 Å². The first-order valence-electron chi connectivity index (χ1n) is 6.07. The molecule has 0 aromatic rings. The fourth-order valence-corrected chi connectivity index (χ4v) is 2.00. The quantitative estimate of drug-likeness (QED) is 0.214. The number of likely N-dealkylation sites (tertiary alicyclic amines) is 1. The van der Waals surface area contributed by atoms with Crippen molar-refractivity contribution in [3.05, 3.63) is 0 Å². The standard InChI is InChI=1S/C11H24N4O3/c1-16-6-4-5-13-11(14-12)15-7-9(17-2)10(8-15)18-3/h9-10H,4-8,12H2,1-3H3,(H,13,14). The predicted molar refractivity (Wildman–Crippen MR) is 69.3 cm³/mol. The van der Waals surface area contributed by atoms with Crippen molar-refractivity contribution in [2.75, 3.05) is 47.6 Å². The summed E-state index contributed by atoms with van der Waals surface area (Å²) in [5.74, 6) is 6.18. The number of ether oxygens (including phenoxy) is 3. The van der Waals surface area contributed by atoms with E-state index < -0.39 is 0 Å². The Balaban J connectivity index is 2.50. The minimum absolute atomic E-state index is 0.0486. The molecule has 0 aliphatic carbocycles. The Morgan fingerprint density at radius 2 is 1.89 bits per heavy atom. The molecule has 2 atom stereocenters. The summed E-state index contributed by atoms with van der Waals surface area (Å²) < 4.78 is 15.7. The lowest BCUT2D eigenvalue weighted by Gasteiger charge is -2.19. The van der Waals surface area contributed by atoms with Crippen LogP contribution in [-0.2, 0) is 14.2 Å². The van der Waals surface area contributed by atoms with Crippen LogP contribution in [0.2, 0.25) is 0 Å². The van der Waals surface area contributed by atoms with Gasteiger partial charge in [-0.15, -0.1) is 0 Å². The first-order valence-corrected chi connectivity index (χ1v) is 6.07. The Labute approximate surface area is 108 Å².